The van der Waals surface area contributed by atoms with E-state index < -0.39 is 0 Å². The number of esters is 1. The van der Waals surface area contributed by atoms with Gasteiger partial charge in [0.15, 0.2) is 5.15 Å². The van der Waals surface area contributed by atoms with Crippen LogP contribution in [0.5, 0.6) is 0 Å². The van der Waals surface area contributed by atoms with Gasteiger partial charge in [0.2, 0.25) is 5.91 Å². The first-order chi connectivity index (χ1) is 10.1. The molecule has 0 spiro atoms. The van der Waals surface area contributed by atoms with Crippen LogP contribution in [-0.2, 0) is 20.9 Å². The van der Waals surface area contributed by atoms with Gasteiger partial charge in [-0.15, -0.1) is 0 Å². The van der Waals surface area contributed by atoms with Gasteiger partial charge >= 0.3 is 5.97 Å². The highest BCUT2D eigenvalue weighted by Gasteiger charge is 2.28. The van der Waals surface area contributed by atoms with E-state index in [-0.39, 0.29) is 30.4 Å². The summed E-state index contributed by atoms with van der Waals surface area (Å²) in [6.07, 6.45) is 5.94. The summed E-state index contributed by atoms with van der Waals surface area (Å²) in [5.74, 6) is -0.500. The summed E-state index contributed by atoms with van der Waals surface area (Å²) in [6, 6.07) is 0. The van der Waals surface area contributed by atoms with Crippen molar-refractivity contribution in [3.63, 3.8) is 0 Å². The minimum absolute atomic E-state index is 0.0615. The lowest BCUT2D eigenvalue weighted by Crippen LogP contribution is -2.36. The molecule has 1 fully saturated rings. The van der Waals surface area contributed by atoms with E-state index in [0.29, 0.717) is 17.3 Å². The molecule has 2 unspecified atom stereocenters. The number of amides is 1. The predicted octanol–water partition coefficient (Wildman–Crippen LogP) is 1.87. The smallest absolute Gasteiger partial charge is 0.302 e. The third kappa shape index (κ3) is 4.67. The lowest BCUT2D eigenvalue weighted by molar-refractivity contribution is -0.150. The van der Waals surface area contributed by atoms with E-state index in [2.05, 4.69) is 15.3 Å². The lowest BCUT2D eigenvalue weighted by atomic mass is 9.86. The first kappa shape index (κ1) is 15.7. The number of halogens is 1. The third-order valence-electron chi connectivity index (χ3n) is 3.48. The quantitative estimate of drug-likeness (QED) is 0.858. The first-order valence-electron chi connectivity index (χ1n) is 6.96. The van der Waals surface area contributed by atoms with Crippen molar-refractivity contribution in [3.8, 4) is 0 Å². The van der Waals surface area contributed by atoms with Crippen molar-refractivity contribution in [2.24, 2.45) is 5.92 Å². The van der Waals surface area contributed by atoms with E-state index in [4.69, 9.17) is 16.3 Å². The summed E-state index contributed by atoms with van der Waals surface area (Å²) in [4.78, 5) is 31.1. The number of rotatable bonds is 4. The van der Waals surface area contributed by atoms with Crippen LogP contribution in [-0.4, -0.2) is 27.9 Å². The maximum Gasteiger partial charge on any atom is 0.302 e. The van der Waals surface area contributed by atoms with Crippen molar-refractivity contribution in [1.82, 2.24) is 15.3 Å². The fourth-order valence-corrected chi connectivity index (χ4v) is 2.68. The molecule has 2 rings (SSSR count). The van der Waals surface area contributed by atoms with Crippen molar-refractivity contribution >= 4 is 23.5 Å². The summed E-state index contributed by atoms with van der Waals surface area (Å²) in [7, 11) is 0. The van der Waals surface area contributed by atoms with E-state index in [9.17, 15) is 9.59 Å². The minimum atomic E-state index is -0.299. The number of nitrogens with one attached hydrogen (secondary N) is 1. The number of hydrogen-bond acceptors (Lipinski definition) is 5. The van der Waals surface area contributed by atoms with Gasteiger partial charge in [-0.25, -0.2) is 4.98 Å². The molecule has 0 radical (unpaired) electrons. The molecule has 1 aromatic heterocycles. The molecule has 114 valence electrons. The molecule has 0 aliphatic heterocycles. The molecule has 1 aromatic rings. The molecule has 0 aromatic carbocycles. The zero-order valence-electron chi connectivity index (χ0n) is 11.8. The number of carbonyl (C=O) groups excluding carboxylic acids is 2. The van der Waals surface area contributed by atoms with Crippen LogP contribution in [0.15, 0.2) is 12.4 Å². The fraction of sp³-hybridized carbons (Fsp3) is 0.571. The summed E-state index contributed by atoms with van der Waals surface area (Å²) < 4.78 is 5.19. The summed E-state index contributed by atoms with van der Waals surface area (Å²) in [5.41, 5.74) is 0.542. The Labute approximate surface area is 128 Å². The molecule has 1 heterocycles. The molecule has 1 aliphatic carbocycles. The molecule has 2 atom stereocenters. The predicted molar refractivity (Wildman–Crippen MR) is 76.4 cm³/mol. The Kier molecular flexibility index (Phi) is 5.50. The van der Waals surface area contributed by atoms with Gasteiger partial charge in [0.25, 0.3) is 0 Å². The van der Waals surface area contributed by atoms with Crippen LogP contribution in [0, 0.1) is 5.92 Å². The largest absolute Gasteiger partial charge is 0.463 e. The van der Waals surface area contributed by atoms with Crippen molar-refractivity contribution in [1.29, 1.82) is 0 Å². The number of hydrogen-bond donors (Lipinski definition) is 1. The SMILES string of the molecule is CC(=O)OC1CCCC(C(=O)NCc2nccnc2Cl)C1. The average molecular weight is 312 g/mol. The van der Waals surface area contributed by atoms with Gasteiger partial charge in [0, 0.05) is 25.2 Å². The molecule has 1 aliphatic rings. The van der Waals surface area contributed by atoms with E-state index in [0.717, 1.165) is 19.3 Å². The highest BCUT2D eigenvalue weighted by atomic mass is 35.5. The Hall–Kier alpha value is -1.69. The third-order valence-corrected chi connectivity index (χ3v) is 3.80. The molecular formula is C14H18ClN3O3. The monoisotopic (exact) mass is 311 g/mol. The minimum Gasteiger partial charge on any atom is -0.463 e. The zero-order valence-corrected chi connectivity index (χ0v) is 12.6. The molecule has 1 saturated carbocycles. The number of carbonyl (C=O) groups is 2. The molecule has 6 nitrogen and oxygen atoms in total. The number of ether oxygens (including phenoxy) is 1. The molecule has 1 amide bonds. The normalized spacial score (nSPS) is 21.6. The van der Waals surface area contributed by atoms with E-state index in [1.54, 1.807) is 0 Å². The standard InChI is InChI=1S/C14H18ClN3O3/c1-9(19)21-11-4-2-3-10(7-11)14(20)18-8-12-13(15)17-6-5-16-12/h5-6,10-11H,2-4,7-8H2,1H3,(H,18,20). The van der Waals surface area contributed by atoms with Gasteiger partial charge in [-0.3, -0.25) is 14.6 Å². The Morgan fingerprint density at radius 1 is 1.38 bits per heavy atom. The Bertz CT molecular complexity index is 524. The van der Waals surface area contributed by atoms with Crippen LogP contribution in [0.25, 0.3) is 0 Å². The zero-order chi connectivity index (χ0) is 15.2. The molecule has 21 heavy (non-hydrogen) atoms. The first-order valence-corrected chi connectivity index (χ1v) is 7.34. The van der Waals surface area contributed by atoms with Gasteiger partial charge in [0.05, 0.1) is 12.2 Å². The highest BCUT2D eigenvalue weighted by molar-refractivity contribution is 6.29. The van der Waals surface area contributed by atoms with E-state index >= 15 is 0 Å². The van der Waals surface area contributed by atoms with Crippen molar-refractivity contribution in [3.05, 3.63) is 23.2 Å². The molecule has 0 saturated heterocycles. The van der Waals surface area contributed by atoms with Crippen LogP contribution < -0.4 is 5.32 Å². The van der Waals surface area contributed by atoms with Crippen molar-refractivity contribution < 1.29 is 14.3 Å². The summed E-state index contributed by atoms with van der Waals surface area (Å²) in [5, 5.41) is 3.11. The van der Waals surface area contributed by atoms with E-state index in [1.165, 1.54) is 19.3 Å². The van der Waals surface area contributed by atoms with E-state index in [1.807, 2.05) is 0 Å². The molecular weight excluding hydrogens is 294 g/mol. The van der Waals surface area contributed by atoms with Gasteiger partial charge < -0.3 is 10.1 Å². The number of nitrogens with zero attached hydrogens (tertiary/aromatic N) is 2. The van der Waals surface area contributed by atoms with Gasteiger partial charge in [-0.1, -0.05) is 11.6 Å². The van der Waals surface area contributed by atoms with Crippen LogP contribution >= 0.6 is 11.6 Å². The Morgan fingerprint density at radius 3 is 2.86 bits per heavy atom. The van der Waals surface area contributed by atoms with Gasteiger partial charge in [0.1, 0.15) is 6.10 Å². The highest BCUT2D eigenvalue weighted by Crippen LogP contribution is 2.26. The average Bonchev–Trinajstić information content (AvgIpc) is 2.45. The van der Waals surface area contributed by atoms with Crippen LogP contribution in [0.2, 0.25) is 5.15 Å². The van der Waals surface area contributed by atoms with Crippen molar-refractivity contribution in [2.75, 3.05) is 0 Å². The van der Waals surface area contributed by atoms with Crippen LogP contribution in [0.1, 0.15) is 38.3 Å². The summed E-state index contributed by atoms with van der Waals surface area (Å²) >= 11 is 5.89. The second-order valence-corrected chi connectivity index (χ2v) is 5.46. The summed E-state index contributed by atoms with van der Waals surface area (Å²) in [6.45, 7) is 1.64. The van der Waals surface area contributed by atoms with Crippen LogP contribution in [0.3, 0.4) is 0 Å². The second kappa shape index (κ2) is 7.36. The van der Waals surface area contributed by atoms with Gasteiger partial charge in [-0.05, 0) is 25.7 Å². The van der Waals surface area contributed by atoms with Gasteiger partial charge in [-0.2, -0.15) is 0 Å². The second-order valence-electron chi connectivity index (χ2n) is 5.11. The molecule has 1 N–H and O–H groups in total. The fourth-order valence-electron chi connectivity index (χ4n) is 2.51. The molecule has 0 bridgehead atoms. The maximum absolute atomic E-state index is 12.2. The molecule has 7 heteroatoms. The lowest BCUT2D eigenvalue weighted by Gasteiger charge is -2.27. The van der Waals surface area contributed by atoms with Crippen LogP contribution in [0.4, 0.5) is 0 Å². The Morgan fingerprint density at radius 2 is 2.14 bits per heavy atom. The topological polar surface area (TPSA) is 81.2 Å². The Balaban J connectivity index is 1.85. The van der Waals surface area contributed by atoms with Crippen molar-refractivity contribution in [2.45, 2.75) is 45.3 Å². The number of aromatic nitrogens is 2. The maximum atomic E-state index is 12.2.